The molecule has 1 aliphatic heterocycles. The molecule has 3 rings (SSSR count). The summed E-state index contributed by atoms with van der Waals surface area (Å²) in [6.07, 6.45) is 1.83. The van der Waals surface area contributed by atoms with Crippen LogP contribution in [-0.2, 0) is 0 Å². The second kappa shape index (κ2) is 6.13. The minimum atomic E-state index is -0.411. The van der Waals surface area contributed by atoms with Crippen molar-refractivity contribution in [3.8, 4) is 0 Å². The van der Waals surface area contributed by atoms with E-state index in [9.17, 15) is 20.2 Å². The summed E-state index contributed by atoms with van der Waals surface area (Å²) in [5.41, 5.74) is 2.19. The van der Waals surface area contributed by atoms with Crippen molar-refractivity contribution in [2.45, 2.75) is 24.9 Å². The van der Waals surface area contributed by atoms with E-state index in [1.165, 1.54) is 24.3 Å². The number of nitrogens with zero attached hydrogens (tertiary/aromatic N) is 2. The zero-order valence-corrected chi connectivity index (χ0v) is 12.2. The molecule has 118 valence electrons. The van der Waals surface area contributed by atoms with Gasteiger partial charge in [0, 0.05) is 36.3 Å². The predicted octanol–water partition coefficient (Wildman–Crippen LogP) is 3.67. The Kier molecular flexibility index (Phi) is 4.03. The fraction of sp³-hybridized carbons (Fsp3) is 0.250. The van der Waals surface area contributed by atoms with Gasteiger partial charge in [-0.15, -0.1) is 0 Å². The van der Waals surface area contributed by atoms with Gasteiger partial charge in [0.25, 0.3) is 11.4 Å². The number of nitro benzene ring substituents is 2. The SMILES string of the molecule is O=[N+]([O-])c1ccc(C2CCC(c3ccc([N+](=O)[O-])cc3)N2)cc1. The summed E-state index contributed by atoms with van der Waals surface area (Å²) in [4.78, 5) is 20.6. The first kappa shape index (κ1) is 15.1. The fourth-order valence-corrected chi connectivity index (χ4v) is 2.93. The number of non-ortho nitro benzene ring substituents is 2. The van der Waals surface area contributed by atoms with Gasteiger partial charge >= 0.3 is 0 Å². The summed E-state index contributed by atoms with van der Waals surface area (Å²) in [5, 5.41) is 24.9. The van der Waals surface area contributed by atoms with Gasteiger partial charge < -0.3 is 5.32 Å². The topological polar surface area (TPSA) is 98.3 Å². The molecule has 1 fully saturated rings. The first-order valence-corrected chi connectivity index (χ1v) is 7.29. The maximum absolute atomic E-state index is 10.7. The Morgan fingerprint density at radius 3 is 1.39 bits per heavy atom. The molecule has 1 N–H and O–H groups in total. The summed E-state index contributed by atoms with van der Waals surface area (Å²) in [5.74, 6) is 0. The summed E-state index contributed by atoms with van der Waals surface area (Å²) in [6, 6.07) is 13.4. The van der Waals surface area contributed by atoms with E-state index in [0.29, 0.717) is 0 Å². The molecule has 1 heterocycles. The second-order valence-electron chi connectivity index (χ2n) is 5.55. The largest absolute Gasteiger partial charge is 0.303 e. The molecule has 7 heteroatoms. The average Bonchev–Trinajstić information content (AvgIpc) is 3.05. The van der Waals surface area contributed by atoms with Crippen molar-refractivity contribution in [1.29, 1.82) is 0 Å². The van der Waals surface area contributed by atoms with E-state index in [1.54, 1.807) is 24.3 Å². The van der Waals surface area contributed by atoms with Gasteiger partial charge in [-0.3, -0.25) is 20.2 Å². The molecule has 7 nitrogen and oxygen atoms in total. The van der Waals surface area contributed by atoms with Crippen LogP contribution in [0.5, 0.6) is 0 Å². The highest BCUT2D eigenvalue weighted by Crippen LogP contribution is 2.35. The third kappa shape index (κ3) is 3.19. The Hall–Kier alpha value is -2.80. The molecule has 0 amide bonds. The molecule has 0 radical (unpaired) electrons. The zero-order chi connectivity index (χ0) is 16.4. The highest BCUT2D eigenvalue weighted by molar-refractivity contribution is 5.37. The molecule has 23 heavy (non-hydrogen) atoms. The molecule has 1 aliphatic rings. The van der Waals surface area contributed by atoms with Gasteiger partial charge in [0.05, 0.1) is 9.85 Å². The monoisotopic (exact) mass is 313 g/mol. The smallest absolute Gasteiger partial charge is 0.269 e. The quantitative estimate of drug-likeness (QED) is 0.686. The van der Waals surface area contributed by atoms with Crippen LogP contribution >= 0.6 is 0 Å². The van der Waals surface area contributed by atoms with Crippen LogP contribution < -0.4 is 5.32 Å². The molecular formula is C16H15N3O4. The lowest BCUT2D eigenvalue weighted by Crippen LogP contribution is -2.17. The van der Waals surface area contributed by atoms with E-state index in [0.717, 1.165) is 24.0 Å². The molecule has 2 aromatic rings. The van der Waals surface area contributed by atoms with Crippen molar-refractivity contribution in [3.05, 3.63) is 79.9 Å². The van der Waals surface area contributed by atoms with E-state index in [-0.39, 0.29) is 23.5 Å². The molecule has 0 aromatic heterocycles. The molecule has 1 saturated heterocycles. The molecule has 0 saturated carbocycles. The van der Waals surface area contributed by atoms with Gasteiger partial charge in [-0.05, 0) is 24.0 Å². The summed E-state index contributed by atoms with van der Waals surface area (Å²) >= 11 is 0. The van der Waals surface area contributed by atoms with Crippen molar-refractivity contribution in [2.75, 3.05) is 0 Å². The Balaban J connectivity index is 1.70. The maximum atomic E-state index is 10.7. The van der Waals surface area contributed by atoms with Crippen molar-refractivity contribution in [2.24, 2.45) is 0 Å². The van der Waals surface area contributed by atoms with Crippen molar-refractivity contribution < 1.29 is 9.85 Å². The van der Waals surface area contributed by atoms with E-state index < -0.39 is 9.85 Å². The molecule has 0 spiro atoms. The number of nitro groups is 2. The standard InChI is InChI=1S/C16H15N3O4/c20-18(21)13-5-1-11(2-6-13)15-9-10-16(17-15)12-3-7-14(8-4-12)19(22)23/h1-8,15-17H,9-10H2. The van der Waals surface area contributed by atoms with E-state index in [2.05, 4.69) is 5.32 Å². The molecule has 0 bridgehead atoms. The van der Waals surface area contributed by atoms with E-state index in [1.807, 2.05) is 0 Å². The number of hydrogen-bond acceptors (Lipinski definition) is 5. The fourth-order valence-electron chi connectivity index (χ4n) is 2.93. The first-order valence-electron chi connectivity index (χ1n) is 7.29. The third-order valence-electron chi connectivity index (χ3n) is 4.16. The highest BCUT2D eigenvalue weighted by Gasteiger charge is 2.26. The number of rotatable bonds is 4. The van der Waals surface area contributed by atoms with Crippen molar-refractivity contribution >= 4 is 11.4 Å². The highest BCUT2D eigenvalue weighted by atomic mass is 16.6. The Labute approximate surface area is 132 Å². The lowest BCUT2D eigenvalue weighted by atomic mass is 10.0. The Morgan fingerprint density at radius 1 is 0.739 bits per heavy atom. The van der Waals surface area contributed by atoms with E-state index in [4.69, 9.17) is 0 Å². The van der Waals surface area contributed by atoms with Gasteiger partial charge in [-0.1, -0.05) is 24.3 Å². The van der Waals surface area contributed by atoms with Gasteiger partial charge in [0.1, 0.15) is 0 Å². The molecule has 2 aromatic carbocycles. The van der Waals surface area contributed by atoms with Crippen LogP contribution in [-0.4, -0.2) is 9.85 Å². The number of hydrogen-bond donors (Lipinski definition) is 1. The van der Waals surface area contributed by atoms with Crippen LogP contribution in [0.3, 0.4) is 0 Å². The minimum absolute atomic E-state index is 0.0821. The van der Waals surface area contributed by atoms with Gasteiger partial charge in [0.15, 0.2) is 0 Å². The molecule has 2 atom stereocenters. The molecule has 2 unspecified atom stereocenters. The van der Waals surface area contributed by atoms with Gasteiger partial charge in [-0.25, -0.2) is 0 Å². The maximum Gasteiger partial charge on any atom is 0.269 e. The van der Waals surface area contributed by atoms with Gasteiger partial charge in [-0.2, -0.15) is 0 Å². The number of benzene rings is 2. The van der Waals surface area contributed by atoms with Crippen LogP contribution in [0.1, 0.15) is 36.1 Å². The Bertz CT molecular complexity index is 664. The van der Waals surface area contributed by atoms with E-state index >= 15 is 0 Å². The molecule has 0 aliphatic carbocycles. The van der Waals surface area contributed by atoms with Gasteiger partial charge in [0.2, 0.25) is 0 Å². The Morgan fingerprint density at radius 2 is 1.09 bits per heavy atom. The first-order chi connectivity index (χ1) is 11.0. The lowest BCUT2D eigenvalue weighted by Gasteiger charge is -2.15. The number of nitrogens with one attached hydrogen (secondary N) is 1. The van der Waals surface area contributed by atoms with Crippen LogP contribution in [0.25, 0.3) is 0 Å². The zero-order valence-electron chi connectivity index (χ0n) is 12.2. The minimum Gasteiger partial charge on any atom is -0.303 e. The van der Waals surface area contributed by atoms with Crippen LogP contribution in [0.2, 0.25) is 0 Å². The third-order valence-corrected chi connectivity index (χ3v) is 4.16. The average molecular weight is 313 g/mol. The van der Waals surface area contributed by atoms with Crippen molar-refractivity contribution in [3.63, 3.8) is 0 Å². The van der Waals surface area contributed by atoms with Crippen LogP contribution in [0.15, 0.2) is 48.5 Å². The summed E-state index contributed by atoms with van der Waals surface area (Å²) in [6.45, 7) is 0. The van der Waals surface area contributed by atoms with Crippen LogP contribution in [0, 0.1) is 20.2 Å². The summed E-state index contributed by atoms with van der Waals surface area (Å²) in [7, 11) is 0. The lowest BCUT2D eigenvalue weighted by molar-refractivity contribution is -0.385. The molecular weight excluding hydrogens is 298 g/mol. The summed E-state index contributed by atoms with van der Waals surface area (Å²) < 4.78 is 0. The van der Waals surface area contributed by atoms with Crippen molar-refractivity contribution in [1.82, 2.24) is 5.32 Å². The normalized spacial score (nSPS) is 20.3. The van der Waals surface area contributed by atoms with Crippen LogP contribution in [0.4, 0.5) is 11.4 Å². The predicted molar refractivity (Wildman–Crippen MR) is 84.0 cm³/mol. The second-order valence-corrected chi connectivity index (χ2v) is 5.55.